The molecule has 0 aromatic heterocycles. The maximum atomic E-state index is 13.0. The quantitative estimate of drug-likeness (QED) is 0.393. The second-order valence-electron chi connectivity index (χ2n) is 7.23. The molecular weight excluding hydrogens is 415 g/mol. The van der Waals surface area contributed by atoms with Gasteiger partial charge in [-0.1, -0.05) is 31.2 Å². The van der Waals surface area contributed by atoms with E-state index in [-0.39, 0.29) is 12.8 Å². The first-order valence-electron chi connectivity index (χ1n) is 9.87. The Bertz CT molecular complexity index is 830. The SMILES string of the molecule is CCN(CCC(=O)N[C@@H](Cc1ccc(F)cc1)B(O)O)Cc1ccc(C(F)(F)F)cc1. The fourth-order valence-corrected chi connectivity index (χ4v) is 3.05. The molecule has 0 bridgehead atoms. The minimum absolute atomic E-state index is 0.0705. The number of alkyl halides is 3. The van der Waals surface area contributed by atoms with Gasteiger partial charge in [0.1, 0.15) is 5.82 Å². The molecule has 2 rings (SSSR count). The second kappa shape index (κ2) is 11.3. The Balaban J connectivity index is 1.87. The highest BCUT2D eigenvalue weighted by Crippen LogP contribution is 2.29. The zero-order valence-electron chi connectivity index (χ0n) is 17.1. The van der Waals surface area contributed by atoms with Gasteiger partial charge in [0.25, 0.3) is 0 Å². The van der Waals surface area contributed by atoms with Gasteiger partial charge in [0.2, 0.25) is 5.91 Å². The topological polar surface area (TPSA) is 72.8 Å². The van der Waals surface area contributed by atoms with Crippen LogP contribution in [0.4, 0.5) is 17.6 Å². The van der Waals surface area contributed by atoms with Gasteiger partial charge in [-0.15, -0.1) is 0 Å². The fourth-order valence-electron chi connectivity index (χ4n) is 3.05. The Morgan fingerprint density at radius 1 is 1.06 bits per heavy atom. The van der Waals surface area contributed by atoms with Crippen molar-refractivity contribution in [1.82, 2.24) is 10.2 Å². The molecule has 0 aliphatic carbocycles. The number of hydrogen-bond acceptors (Lipinski definition) is 4. The molecule has 0 aliphatic heterocycles. The average Bonchev–Trinajstić information content (AvgIpc) is 2.71. The van der Waals surface area contributed by atoms with Crippen molar-refractivity contribution in [1.29, 1.82) is 0 Å². The number of nitrogens with one attached hydrogen (secondary N) is 1. The van der Waals surface area contributed by atoms with Crippen LogP contribution in [0.25, 0.3) is 0 Å². The van der Waals surface area contributed by atoms with E-state index in [0.29, 0.717) is 30.8 Å². The summed E-state index contributed by atoms with van der Waals surface area (Å²) in [5.41, 5.74) is 0.612. The molecule has 0 saturated carbocycles. The van der Waals surface area contributed by atoms with Crippen LogP contribution in [0.5, 0.6) is 0 Å². The molecule has 0 spiro atoms. The zero-order chi connectivity index (χ0) is 23.0. The maximum absolute atomic E-state index is 13.0. The first-order valence-corrected chi connectivity index (χ1v) is 9.87. The standard InChI is InChI=1S/C21H25BF4N2O3/c1-2-28(14-16-3-7-17(8-4-16)21(24,25)26)12-11-20(29)27-19(22(30)31)13-15-5-9-18(23)10-6-15/h3-10,19,30-31H,2,11-14H2,1H3,(H,27,29)/t19-/m0/s1. The van der Waals surface area contributed by atoms with E-state index in [0.717, 1.165) is 12.1 Å². The highest BCUT2D eigenvalue weighted by atomic mass is 19.4. The highest BCUT2D eigenvalue weighted by Gasteiger charge is 2.30. The van der Waals surface area contributed by atoms with Crippen LogP contribution < -0.4 is 5.32 Å². The average molecular weight is 440 g/mol. The first kappa shape index (κ1) is 24.8. The van der Waals surface area contributed by atoms with Gasteiger partial charge in [-0.2, -0.15) is 13.2 Å². The van der Waals surface area contributed by atoms with E-state index >= 15 is 0 Å². The van der Waals surface area contributed by atoms with Crippen molar-refractivity contribution in [3.8, 4) is 0 Å². The molecule has 3 N–H and O–H groups in total. The third-order valence-corrected chi connectivity index (χ3v) is 4.86. The van der Waals surface area contributed by atoms with Crippen molar-refractivity contribution in [2.75, 3.05) is 13.1 Å². The third-order valence-electron chi connectivity index (χ3n) is 4.86. The number of amides is 1. The number of hydrogen-bond donors (Lipinski definition) is 3. The lowest BCUT2D eigenvalue weighted by atomic mass is 9.76. The molecule has 5 nitrogen and oxygen atoms in total. The summed E-state index contributed by atoms with van der Waals surface area (Å²) in [6, 6.07) is 10.4. The number of carbonyl (C=O) groups excluding carboxylic acids is 1. The van der Waals surface area contributed by atoms with Gasteiger partial charge < -0.3 is 15.4 Å². The van der Waals surface area contributed by atoms with E-state index in [2.05, 4.69) is 5.32 Å². The van der Waals surface area contributed by atoms with Crippen molar-refractivity contribution >= 4 is 13.0 Å². The Kier molecular flexibility index (Phi) is 9.03. The Morgan fingerprint density at radius 3 is 2.16 bits per heavy atom. The van der Waals surface area contributed by atoms with Gasteiger partial charge in [0.05, 0.1) is 11.5 Å². The molecule has 0 unspecified atom stereocenters. The normalized spacial score (nSPS) is 12.6. The summed E-state index contributed by atoms with van der Waals surface area (Å²) in [5, 5.41) is 21.7. The molecule has 2 aromatic carbocycles. The molecule has 0 saturated heterocycles. The Hall–Kier alpha value is -2.43. The van der Waals surface area contributed by atoms with Crippen LogP contribution in [0.3, 0.4) is 0 Å². The number of carbonyl (C=O) groups is 1. The minimum Gasteiger partial charge on any atom is -0.426 e. The Labute approximate surface area is 178 Å². The molecular formula is C21H25BF4N2O3. The molecule has 1 atom stereocenters. The van der Waals surface area contributed by atoms with Crippen molar-refractivity contribution < 1.29 is 32.4 Å². The summed E-state index contributed by atoms with van der Waals surface area (Å²) in [6.45, 7) is 3.17. The van der Waals surface area contributed by atoms with Crippen molar-refractivity contribution in [3.05, 3.63) is 71.0 Å². The lowest BCUT2D eigenvalue weighted by molar-refractivity contribution is -0.137. The lowest BCUT2D eigenvalue weighted by Gasteiger charge is -2.22. The van der Waals surface area contributed by atoms with E-state index in [9.17, 15) is 32.4 Å². The smallest absolute Gasteiger partial charge is 0.426 e. The largest absolute Gasteiger partial charge is 0.475 e. The van der Waals surface area contributed by atoms with Gasteiger partial charge in [0, 0.05) is 19.5 Å². The van der Waals surface area contributed by atoms with Gasteiger partial charge in [-0.3, -0.25) is 9.69 Å². The second-order valence-corrected chi connectivity index (χ2v) is 7.23. The molecule has 0 radical (unpaired) electrons. The molecule has 31 heavy (non-hydrogen) atoms. The van der Waals surface area contributed by atoms with Crippen LogP contribution in [-0.4, -0.2) is 47.0 Å². The number of halogens is 4. The van der Waals surface area contributed by atoms with Crippen LogP contribution in [0.2, 0.25) is 0 Å². The van der Waals surface area contributed by atoms with E-state index in [1.807, 2.05) is 11.8 Å². The summed E-state index contributed by atoms with van der Waals surface area (Å²) in [6.07, 6.45) is -4.20. The third kappa shape index (κ3) is 8.31. The number of rotatable bonds is 10. The monoisotopic (exact) mass is 440 g/mol. The van der Waals surface area contributed by atoms with Crippen LogP contribution >= 0.6 is 0 Å². The van der Waals surface area contributed by atoms with E-state index < -0.39 is 36.5 Å². The predicted molar refractivity (Wildman–Crippen MR) is 109 cm³/mol. The number of benzene rings is 2. The molecule has 2 aromatic rings. The van der Waals surface area contributed by atoms with Crippen LogP contribution in [0.15, 0.2) is 48.5 Å². The summed E-state index contributed by atoms with van der Waals surface area (Å²) in [4.78, 5) is 14.2. The summed E-state index contributed by atoms with van der Waals surface area (Å²) >= 11 is 0. The molecule has 0 fully saturated rings. The van der Waals surface area contributed by atoms with Crippen molar-refractivity contribution in [3.63, 3.8) is 0 Å². The van der Waals surface area contributed by atoms with Gasteiger partial charge in [-0.25, -0.2) is 4.39 Å². The van der Waals surface area contributed by atoms with E-state index in [1.54, 1.807) is 0 Å². The molecule has 1 amide bonds. The highest BCUT2D eigenvalue weighted by molar-refractivity contribution is 6.43. The lowest BCUT2D eigenvalue weighted by Crippen LogP contribution is -2.48. The van der Waals surface area contributed by atoms with Gasteiger partial charge >= 0.3 is 13.3 Å². The number of nitrogens with zero attached hydrogens (tertiary/aromatic N) is 1. The molecule has 0 heterocycles. The summed E-state index contributed by atoms with van der Waals surface area (Å²) in [7, 11) is -1.79. The molecule has 0 aliphatic rings. The van der Waals surface area contributed by atoms with Crippen LogP contribution in [-0.2, 0) is 23.9 Å². The zero-order valence-corrected chi connectivity index (χ0v) is 17.1. The summed E-state index contributed by atoms with van der Waals surface area (Å²) in [5.74, 6) is -1.77. The van der Waals surface area contributed by atoms with Crippen LogP contribution in [0, 0.1) is 5.82 Å². The Morgan fingerprint density at radius 2 is 1.65 bits per heavy atom. The van der Waals surface area contributed by atoms with Gasteiger partial charge in [-0.05, 0) is 48.4 Å². The fraction of sp³-hybridized carbons (Fsp3) is 0.381. The first-order chi connectivity index (χ1) is 14.6. The van der Waals surface area contributed by atoms with Crippen LogP contribution in [0.1, 0.15) is 30.0 Å². The molecule has 10 heteroatoms. The van der Waals surface area contributed by atoms with Crippen molar-refractivity contribution in [2.24, 2.45) is 0 Å². The van der Waals surface area contributed by atoms with Crippen molar-refractivity contribution in [2.45, 2.75) is 38.4 Å². The van der Waals surface area contributed by atoms with E-state index in [4.69, 9.17) is 0 Å². The predicted octanol–water partition coefficient (Wildman–Crippen LogP) is 2.80. The maximum Gasteiger partial charge on any atom is 0.475 e. The minimum atomic E-state index is -4.39. The van der Waals surface area contributed by atoms with Gasteiger partial charge in [0.15, 0.2) is 0 Å². The summed E-state index contributed by atoms with van der Waals surface area (Å²) < 4.78 is 51.0. The molecule has 168 valence electrons. The van der Waals surface area contributed by atoms with E-state index in [1.165, 1.54) is 36.4 Å².